The van der Waals surface area contributed by atoms with Gasteiger partial charge in [0.15, 0.2) is 0 Å². The van der Waals surface area contributed by atoms with Crippen LogP contribution in [0.4, 0.5) is 13.2 Å². The number of alkyl halides is 3. The Labute approximate surface area is 120 Å². The molecule has 0 amide bonds. The van der Waals surface area contributed by atoms with Crippen molar-refractivity contribution < 1.29 is 17.9 Å². The number of benzene rings is 1. The zero-order chi connectivity index (χ0) is 15.5. The molecule has 0 aliphatic rings. The van der Waals surface area contributed by atoms with Gasteiger partial charge in [-0.2, -0.15) is 5.10 Å². The third-order valence-corrected chi connectivity index (χ3v) is 2.92. The number of nitrogens with one attached hydrogen (secondary N) is 1. The highest BCUT2D eigenvalue weighted by atomic mass is 19.4. The summed E-state index contributed by atoms with van der Waals surface area (Å²) in [7, 11) is 1.86. The van der Waals surface area contributed by atoms with Gasteiger partial charge in [-0.25, -0.2) is 0 Å². The van der Waals surface area contributed by atoms with E-state index >= 15 is 0 Å². The quantitative estimate of drug-likeness (QED) is 0.922. The third-order valence-electron chi connectivity index (χ3n) is 2.92. The van der Waals surface area contributed by atoms with Crippen molar-refractivity contribution >= 4 is 0 Å². The van der Waals surface area contributed by atoms with Crippen molar-refractivity contribution in [2.45, 2.75) is 26.4 Å². The normalized spacial score (nSPS) is 11.7. The molecule has 2 aromatic rings. The Morgan fingerprint density at radius 2 is 1.86 bits per heavy atom. The van der Waals surface area contributed by atoms with E-state index in [2.05, 4.69) is 15.2 Å². The Morgan fingerprint density at radius 3 is 2.38 bits per heavy atom. The molecular formula is C14H16F3N3O. The van der Waals surface area contributed by atoms with Gasteiger partial charge in [-0.1, -0.05) is 12.1 Å². The standard InChI is InChI=1S/C14H16F3N3O/c1-10-12(9-20(2)19-10)8-18-7-11-3-5-13(6-4-11)21-14(15,16)17/h3-6,9,18H,7-8H2,1-2H3. The van der Waals surface area contributed by atoms with Crippen molar-refractivity contribution in [1.29, 1.82) is 0 Å². The molecule has 1 aromatic heterocycles. The smallest absolute Gasteiger partial charge is 0.406 e. The lowest BCUT2D eigenvalue weighted by Gasteiger charge is -2.09. The van der Waals surface area contributed by atoms with Crippen molar-refractivity contribution in [3.8, 4) is 5.75 Å². The van der Waals surface area contributed by atoms with Crippen molar-refractivity contribution in [1.82, 2.24) is 15.1 Å². The molecule has 0 atom stereocenters. The van der Waals surface area contributed by atoms with Gasteiger partial charge in [-0.3, -0.25) is 4.68 Å². The average molecular weight is 299 g/mol. The van der Waals surface area contributed by atoms with Crippen LogP contribution in [0.5, 0.6) is 5.75 Å². The molecule has 1 heterocycles. The van der Waals surface area contributed by atoms with Gasteiger partial charge in [0.1, 0.15) is 5.75 Å². The molecule has 0 saturated carbocycles. The van der Waals surface area contributed by atoms with E-state index in [9.17, 15) is 13.2 Å². The van der Waals surface area contributed by atoms with E-state index < -0.39 is 6.36 Å². The maximum atomic E-state index is 12.0. The molecule has 0 aliphatic carbocycles. The molecule has 0 saturated heterocycles. The van der Waals surface area contributed by atoms with Crippen LogP contribution in [0.1, 0.15) is 16.8 Å². The first-order valence-corrected chi connectivity index (χ1v) is 6.38. The summed E-state index contributed by atoms with van der Waals surface area (Å²) < 4.78 is 41.7. The number of aromatic nitrogens is 2. The maximum absolute atomic E-state index is 12.0. The highest BCUT2D eigenvalue weighted by Crippen LogP contribution is 2.22. The SMILES string of the molecule is Cc1nn(C)cc1CNCc1ccc(OC(F)(F)F)cc1. The second-order valence-electron chi connectivity index (χ2n) is 4.71. The van der Waals surface area contributed by atoms with E-state index in [1.165, 1.54) is 12.1 Å². The molecule has 7 heteroatoms. The van der Waals surface area contributed by atoms with Crippen molar-refractivity contribution in [3.05, 3.63) is 47.3 Å². The van der Waals surface area contributed by atoms with Gasteiger partial charge in [0, 0.05) is 31.9 Å². The molecule has 1 aromatic carbocycles. The lowest BCUT2D eigenvalue weighted by Crippen LogP contribution is -2.17. The number of aryl methyl sites for hydroxylation is 2. The Hall–Kier alpha value is -2.02. The molecule has 4 nitrogen and oxygen atoms in total. The minimum Gasteiger partial charge on any atom is -0.406 e. The highest BCUT2D eigenvalue weighted by molar-refractivity contribution is 5.27. The Bertz CT molecular complexity index is 591. The van der Waals surface area contributed by atoms with Gasteiger partial charge >= 0.3 is 6.36 Å². The van der Waals surface area contributed by atoms with E-state index in [1.54, 1.807) is 16.8 Å². The van der Waals surface area contributed by atoms with Crippen LogP contribution in [-0.4, -0.2) is 16.1 Å². The van der Waals surface area contributed by atoms with E-state index in [0.29, 0.717) is 13.1 Å². The molecule has 0 bridgehead atoms. The summed E-state index contributed by atoms with van der Waals surface area (Å²) in [5.41, 5.74) is 2.93. The summed E-state index contributed by atoms with van der Waals surface area (Å²) in [4.78, 5) is 0. The Balaban J connectivity index is 1.85. The predicted octanol–water partition coefficient (Wildman–Crippen LogP) is 2.92. The lowest BCUT2D eigenvalue weighted by molar-refractivity contribution is -0.274. The first kappa shape index (κ1) is 15.4. The topological polar surface area (TPSA) is 39.1 Å². The van der Waals surface area contributed by atoms with E-state index in [0.717, 1.165) is 16.8 Å². The van der Waals surface area contributed by atoms with Crippen LogP contribution in [0.15, 0.2) is 30.5 Å². The number of halogens is 3. The second kappa shape index (κ2) is 6.17. The number of ether oxygens (including phenoxy) is 1. The predicted molar refractivity (Wildman–Crippen MR) is 71.6 cm³/mol. The second-order valence-corrected chi connectivity index (χ2v) is 4.71. The highest BCUT2D eigenvalue weighted by Gasteiger charge is 2.30. The molecule has 2 rings (SSSR count). The molecule has 0 radical (unpaired) electrons. The molecule has 1 N–H and O–H groups in total. The summed E-state index contributed by atoms with van der Waals surface area (Å²) in [6.45, 7) is 3.14. The third kappa shape index (κ3) is 4.78. The van der Waals surface area contributed by atoms with Crippen molar-refractivity contribution in [2.75, 3.05) is 0 Å². The van der Waals surface area contributed by atoms with Gasteiger partial charge in [0.25, 0.3) is 0 Å². The first-order valence-electron chi connectivity index (χ1n) is 6.38. The van der Waals surface area contributed by atoms with Gasteiger partial charge in [0.2, 0.25) is 0 Å². The van der Waals surface area contributed by atoms with Crippen LogP contribution < -0.4 is 10.1 Å². The molecule has 0 unspecified atom stereocenters. The fourth-order valence-electron chi connectivity index (χ4n) is 1.97. The summed E-state index contributed by atoms with van der Waals surface area (Å²) in [6.07, 6.45) is -2.72. The fraction of sp³-hybridized carbons (Fsp3) is 0.357. The number of hydrogen-bond acceptors (Lipinski definition) is 3. The van der Waals surface area contributed by atoms with Gasteiger partial charge < -0.3 is 10.1 Å². The summed E-state index contributed by atoms with van der Waals surface area (Å²) in [6, 6.07) is 5.81. The van der Waals surface area contributed by atoms with Crippen molar-refractivity contribution in [2.24, 2.45) is 7.05 Å². The molecule has 114 valence electrons. The maximum Gasteiger partial charge on any atom is 0.573 e. The first-order chi connectivity index (χ1) is 9.83. The molecule has 21 heavy (non-hydrogen) atoms. The van der Waals surface area contributed by atoms with Crippen LogP contribution in [0.25, 0.3) is 0 Å². The monoisotopic (exact) mass is 299 g/mol. The summed E-state index contributed by atoms with van der Waals surface area (Å²) in [5, 5.41) is 7.46. The number of rotatable bonds is 5. The minimum absolute atomic E-state index is 0.214. The molecule has 0 spiro atoms. The Morgan fingerprint density at radius 1 is 1.19 bits per heavy atom. The zero-order valence-electron chi connectivity index (χ0n) is 11.7. The summed E-state index contributed by atoms with van der Waals surface area (Å²) >= 11 is 0. The van der Waals surface area contributed by atoms with Gasteiger partial charge in [0.05, 0.1) is 5.69 Å². The van der Waals surface area contributed by atoms with Crippen molar-refractivity contribution in [3.63, 3.8) is 0 Å². The van der Waals surface area contributed by atoms with Gasteiger partial charge in [-0.15, -0.1) is 13.2 Å². The molecule has 0 aliphatic heterocycles. The average Bonchev–Trinajstić information content (AvgIpc) is 2.68. The fourth-order valence-corrected chi connectivity index (χ4v) is 1.97. The van der Waals surface area contributed by atoms with Crippen LogP contribution in [-0.2, 0) is 20.1 Å². The van der Waals surface area contributed by atoms with E-state index in [-0.39, 0.29) is 5.75 Å². The largest absolute Gasteiger partial charge is 0.573 e. The van der Waals surface area contributed by atoms with E-state index in [4.69, 9.17) is 0 Å². The van der Waals surface area contributed by atoms with Crippen LogP contribution in [0, 0.1) is 6.92 Å². The minimum atomic E-state index is -4.66. The number of hydrogen-bond donors (Lipinski definition) is 1. The van der Waals surface area contributed by atoms with E-state index in [1.807, 2.05) is 20.2 Å². The lowest BCUT2D eigenvalue weighted by atomic mass is 10.2. The Kier molecular flexibility index (Phi) is 4.52. The van der Waals surface area contributed by atoms with Gasteiger partial charge in [-0.05, 0) is 24.6 Å². The molecule has 0 fully saturated rings. The zero-order valence-corrected chi connectivity index (χ0v) is 11.7. The van der Waals surface area contributed by atoms with Crippen LogP contribution >= 0.6 is 0 Å². The van der Waals surface area contributed by atoms with Crippen LogP contribution in [0.2, 0.25) is 0 Å². The summed E-state index contributed by atoms with van der Waals surface area (Å²) in [5.74, 6) is -0.214. The van der Waals surface area contributed by atoms with Crippen LogP contribution in [0.3, 0.4) is 0 Å². The molecular weight excluding hydrogens is 283 g/mol. The number of nitrogens with zero attached hydrogens (tertiary/aromatic N) is 2.